The number of hydrogen-bond acceptors (Lipinski definition) is 0. The Hall–Kier alpha value is 3.08. The van der Waals surface area contributed by atoms with E-state index in [2.05, 4.69) is 0 Å². The molecule has 0 aliphatic rings. The first kappa shape index (κ1) is 42.7. The maximum Gasteiger partial charge on any atom is 0 e. The van der Waals surface area contributed by atoms with Gasteiger partial charge in [-0.05, 0) is 0 Å². The molecule has 0 fully saturated rings. The zero-order valence-corrected chi connectivity index (χ0v) is 10.6. The fourth-order valence-corrected chi connectivity index (χ4v) is 0. The molecule has 0 saturated heterocycles. The number of rotatable bonds is 0. The van der Waals surface area contributed by atoms with Crippen LogP contribution >= 0.6 is 0 Å². The zero-order valence-electron chi connectivity index (χ0n) is 1.95. The van der Waals surface area contributed by atoms with Crippen LogP contribution in [0, 0.1) is 0 Å². The molecule has 38 valence electrons. The van der Waals surface area contributed by atoms with Gasteiger partial charge in [0, 0.05) is 97.3 Å². The third-order valence-electron chi connectivity index (χ3n) is 0. The van der Waals surface area contributed by atoms with Crippen LogP contribution in [-0.4, -0.2) is 47.8 Å². The van der Waals surface area contributed by atoms with Crippen molar-refractivity contribution in [3.05, 3.63) is 0 Å². The second kappa shape index (κ2) is 27.6. The molecule has 0 aromatic rings. The summed E-state index contributed by atoms with van der Waals surface area (Å²) >= 11 is 0. The Morgan fingerprint density at radius 3 is 0.400 bits per heavy atom. The van der Waals surface area contributed by atoms with Crippen molar-refractivity contribution in [2.75, 3.05) is 0 Å². The smallest absolute Gasteiger partial charge is 0 e. The minimum atomic E-state index is 0. The quantitative estimate of drug-likeness (QED) is 0.458. The Kier molecular flexibility index (Phi) is 236. The summed E-state index contributed by atoms with van der Waals surface area (Å²) in [5.74, 6) is 0. The Bertz CT molecular complexity index is 4.85. The molecule has 5 heavy (non-hydrogen) atoms. The summed E-state index contributed by atoms with van der Waals surface area (Å²) in [4.78, 5) is 0. The van der Waals surface area contributed by atoms with Gasteiger partial charge in [0.2, 0.25) is 0 Å². The number of hydrogen-bond donors (Lipinski definition) is 0. The molecule has 0 aromatic carbocycles. The normalized spacial score (nSPS) is 0. The van der Waals surface area contributed by atoms with Gasteiger partial charge in [-0.15, -0.1) is 0 Å². The molecule has 8 radical (unpaired) electrons. The average molecular weight is 414 g/mol. The third-order valence-corrected chi connectivity index (χ3v) is 0. The molecular formula is Ni3Sn2. The van der Waals surface area contributed by atoms with Crippen LogP contribution in [0.25, 0.3) is 0 Å². The van der Waals surface area contributed by atoms with Gasteiger partial charge in [0.25, 0.3) is 0 Å². The molecule has 0 heterocycles. The molecule has 0 saturated carbocycles. The Morgan fingerprint density at radius 1 is 0.400 bits per heavy atom. The molecule has 0 spiro atoms. The molecule has 0 bridgehead atoms. The van der Waals surface area contributed by atoms with E-state index in [1.165, 1.54) is 0 Å². The molecular weight excluding hydrogens is 414 g/mol. The summed E-state index contributed by atoms with van der Waals surface area (Å²) in [6.07, 6.45) is 0. The van der Waals surface area contributed by atoms with Crippen LogP contribution in [0.5, 0.6) is 0 Å². The second-order valence-electron chi connectivity index (χ2n) is 0. The van der Waals surface area contributed by atoms with Crippen molar-refractivity contribution in [1.82, 2.24) is 0 Å². The van der Waals surface area contributed by atoms with Crippen molar-refractivity contribution in [3.8, 4) is 0 Å². The van der Waals surface area contributed by atoms with Crippen LogP contribution in [0.1, 0.15) is 0 Å². The molecule has 0 rings (SSSR count). The van der Waals surface area contributed by atoms with Gasteiger partial charge in [-0.1, -0.05) is 0 Å². The van der Waals surface area contributed by atoms with E-state index < -0.39 is 0 Å². The largest absolute Gasteiger partial charge is 0 e. The van der Waals surface area contributed by atoms with E-state index in [4.69, 9.17) is 0 Å². The molecule has 0 unspecified atom stereocenters. The molecule has 0 N–H and O–H groups in total. The SMILES string of the molecule is [Ni].[Ni].[Ni].[Sn].[Sn]. The van der Waals surface area contributed by atoms with Crippen LogP contribution in [-0.2, 0) is 49.5 Å². The molecule has 0 nitrogen and oxygen atoms in total. The van der Waals surface area contributed by atoms with E-state index in [1.54, 1.807) is 0 Å². The first-order valence-corrected chi connectivity index (χ1v) is 0. The van der Waals surface area contributed by atoms with Gasteiger partial charge < -0.3 is 0 Å². The van der Waals surface area contributed by atoms with E-state index in [1.807, 2.05) is 0 Å². The first-order valence-electron chi connectivity index (χ1n) is 0. The Labute approximate surface area is 95.7 Å². The van der Waals surface area contributed by atoms with Crippen LogP contribution in [0.2, 0.25) is 0 Å². The molecule has 0 aliphatic heterocycles. The van der Waals surface area contributed by atoms with Gasteiger partial charge in [-0.2, -0.15) is 0 Å². The molecule has 0 aliphatic carbocycles. The van der Waals surface area contributed by atoms with Crippen LogP contribution in [0.3, 0.4) is 0 Å². The van der Waals surface area contributed by atoms with Crippen LogP contribution in [0.15, 0.2) is 0 Å². The summed E-state index contributed by atoms with van der Waals surface area (Å²) in [5, 5.41) is 0. The maximum absolute atomic E-state index is 0. The summed E-state index contributed by atoms with van der Waals surface area (Å²) < 4.78 is 0. The Balaban J connectivity index is 0. The summed E-state index contributed by atoms with van der Waals surface area (Å²) in [6, 6.07) is 0. The van der Waals surface area contributed by atoms with Crippen LogP contribution < -0.4 is 0 Å². The predicted molar refractivity (Wildman–Crippen MR) is 11.5 cm³/mol. The van der Waals surface area contributed by atoms with Crippen molar-refractivity contribution in [2.24, 2.45) is 0 Å². The Morgan fingerprint density at radius 2 is 0.400 bits per heavy atom. The van der Waals surface area contributed by atoms with Crippen molar-refractivity contribution >= 4 is 47.8 Å². The average Bonchev–Trinajstić information content (AvgIpc) is 0. The van der Waals surface area contributed by atoms with Gasteiger partial charge in [0.1, 0.15) is 0 Å². The van der Waals surface area contributed by atoms with Crippen molar-refractivity contribution in [1.29, 1.82) is 0 Å². The van der Waals surface area contributed by atoms with Crippen LogP contribution in [0.4, 0.5) is 0 Å². The predicted octanol–water partition coefficient (Wildman–Crippen LogP) is -0.769. The van der Waals surface area contributed by atoms with Gasteiger partial charge in [0.05, 0.1) is 0 Å². The summed E-state index contributed by atoms with van der Waals surface area (Å²) in [7, 11) is 0. The van der Waals surface area contributed by atoms with E-state index in [9.17, 15) is 0 Å². The minimum absolute atomic E-state index is 0. The fraction of sp³-hybridized carbons (Fsp3) is 0. The zero-order chi connectivity index (χ0) is 0. The topological polar surface area (TPSA) is 0 Å². The first-order chi connectivity index (χ1) is 0. The van der Waals surface area contributed by atoms with Gasteiger partial charge in [-0.3, -0.25) is 0 Å². The minimum Gasteiger partial charge on any atom is 0 e. The van der Waals surface area contributed by atoms with Gasteiger partial charge >= 0.3 is 0 Å². The van der Waals surface area contributed by atoms with E-state index in [-0.39, 0.29) is 97.3 Å². The maximum atomic E-state index is 0. The van der Waals surface area contributed by atoms with E-state index >= 15 is 0 Å². The van der Waals surface area contributed by atoms with Crippen molar-refractivity contribution < 1.29 is 49.5 Å². The monoisotopic (exact) mass is 414 g/mol. The second-order valence-corrected chi connectivity index (χ2v) is 0. The van der Waals surface area contributed by atoms with Crippen molar-refractivity contribution in [3.63, 3.8) is 0 Å². The third kappa shape index (κ3) is 19.3. The van der Waals surface area contributed by atoms with Gasteiger partial charge in [-0.25, -0.2) is 0 Å². The summed E-state index contributed by atoms with van der Waals surface area (Å²) in [5.41, 5.74) is 0. The molecule has 0 amide bonds. The van der Waals surface area contributed by atoms with E-state index in [0.717, 1.165) is 0 Å². The fourth-order valence-electron chi connectivity index (χ4n) is 0. The van der Waals surface area contributed by atoms with Gasteiger partial charge in [0.15, 0.2) is 0 Å². The standard InChI is InChI=1S/3Ni.2Sn. The van der Waals surface area contributed by atoms with E-state index in [0.29, 0.717) is 0 Å². The summed E-state index contributed by atoms with van der Waals surface area (Å²) in [6.45, 7) is 0. The molecule has 5 heteroatoms. The molecule has 0 aromatic heterocycles. The molecule has 0 atom stereocenters. The van der Waals surface area contributed by atoms with Crippen molar-refractivity contribution in [2.45, 2.75) is 0 Å².